The van der Waals surface area contributed by atoms with Crippen molar-refractivity contribution in [3.63, 3.8) is 0 Å². The third kappa shape index (κ3) is 3.40. The van der Waals surface area contributed by atoms with Gasteiger partial charge < -0.3 is 5.32 Å². The van der Waals surface area contributed by atoms with Gasteiger partial charge in [0.05, 0.1) is 5.69 Å². The lowest BCUT2D eigenvalue weighted by molar-refractivity contribution is 0.433. The molecule has 1 aliphatic heterocycles. The van der Waals surface area contributed by atoms with Crippen molar-refractivity contribution < 1.29 is 8.42 Å². The number of hydrogen-bond donors (Lipinski definition) is 1. The summed E-state index contributed by atoms with van der Waals surface area (Å²) in [5.74, 6) is 1.87. The average molecular weight is 301 g/mol. The first-order chi connectivity index (χ1) is 9.16. The summed E-state index contributed by atoms with van der Waals surface area (Å²) in [7, 11) is -3.49. The molecule has 1 aromatic rings. The van der Waals surface area contributed by atoms with Crippen LogP contribution in [0.1, 0.15) is 13.3 Å². The van der Waals surface area contributed by atoms with Crippen molar-refractivity contribution in [3.05, 3.63) is 18.3 Å². The molecule has 7 heteroatoms. The molecule has 5 nitrogen and oxygen atoms in total. The Morgan fingerprint density at radius 2 is 2.26 bits per heavy atom. The summed E-state index contributed by atoms with van der Waals surface area (Å²) in [6, 6.07) is 3.51. The monoisotopic (exact) mass is 301 g/mol. The van der Waals surface area contributed by atoms with Crippen LogP contribution in [0.2, 0.25) is 0 Å². The minimum Gasteiger partial charge on any atom is -0.383 e. The molecular formula is C12H19N3O2S2. The first-order valence-corrected chi connectivity index (χ1v) is 9.02. The number of nitrogens with one attached hydrogen (secondary N) is 1. The number of anilines is 1. The summed E-state index contributed by atoms with van der Waals surface area (Å²) in [6.45, 7) is 3.75. The van der Waals surface area contributed by atoms with Gasteiger partial charge in [0.1, 0.15) is 0 Å². The van der Waals surface area contributed by atoms with Gasteiger partial charge in [-0.15, -0.1) is 0 Å². The Bertz CT molecular complexity index is 511. The normalized spacial score (nSPS) is 17.9. The first kappa shape index (κ1) is 14.6. The highest BCUT2D eigenvalue weighted by atomic mass is 32.2. The van der Waals surface area contributed by atoms with E-state index in [0.717, 1.165) is 17.9 Å². The molecule has 2 rings (SSSR count). The van der Waals surface area contributed by atoms with Crippen molar-refractivity contribution in [2.24, 2.45) is 0 Å². The molecule has 106 valence electrons. The summed E-state index contributed by atoms with van der Waals surface area (Å²) < 4.78 is 26.9. The van der Waals surface area contributed by atoms with Crippen LogP contribution >= 0.6 is 11.8 Å². The lowest BCUT2D eigenvalue weighted by Gasteiger charge is -2.20. The number of aromatic nitrogens is 1. The van der Waals surface area contributed by atoms with Crippen LogP contribution in [0.3, 0.4) is 0 Å². The fourth-order valence-corrected chi connectivity index (χ4v) is 4.57. The molecule has 0 aromatic carbocycles. The fourth-order valence-electron chi connectivity index (χ4n) is 2.01. The second kappa shape index (κ2) is 6.58. The SMILES string of the molecule is CCNc1cccnc1S(=O)(=O)N1CCCSCC1. The van der Waals surface area contributed by atoms with E-state index in [0.29, 0.717) is 25.3 Å². The zero-order valence-corrected chi connectivity index (χ0v) is 12.6. The largest absolute Gasteiger partial charge is 0.383 e. The second-order valence-electron chi connectivity index (χ2n) is 4.26. The van der Waals surface area contributed by atoms with Gasteiger partial charge >= 0.3 is 0 Å². The van der Waals surface area contributed by atoms with Gasteiger partial charge in [0.25, 0.3) is 10.0 Å². The van der Waals surface area contributed by atoms with Crippen LogP contribution in [0.5, 0.6) is 0 Å². The molecule has 2 heterocycles. The topological polar surface area (TPSA) is 62.3 Å². The van der Waals surface area contributed by atoms with E-state index in [1.54, 1.807) is 28.2 Å². The van der Waals surface area contributed by atoms with E-state index in [2.05, 4.69) is 10.3 Å². The fraction of sp³-hybridized carbons (Fsp3) is 0.583. The smallest absolute Gasteiger partial charge is 0.262 e. The number of hydrogen-bond acceptors (Lipinski definition) is 5. The summed E-state index contributed by atoms with van der Waals surface area (Å²) in [5.41, 5.74) is 0.585. The maximum Gasteiger partial charge on any atom is 0.262 e. The number of nitrogens with zero attached hydrogens (tertiary/aromatic N) is 2. The highest BCUT2D eigenvalue weighted by Gasteiger charge is 2.28. The Morgan fingerprint density at radius 3 is 3.05 bits per heavy atom. The van der Waals surface area contributed by atoms with E-state index in [4.69, 9.17) is 0 Å². The van der Waals surface area contributed by atoms with E-state index in [1.165, 1.54) is 6.20 Å². The van der Waals surface area contributed by atoms with E-state index >= 15 is 0 Å². The minimum absolute atomic E-state index is 0.142. The van der Waals surface area contributed by atoms with Crippen molar-refractivity contribution in [2.45, 2.75) is 18.4 Å². The second-order valence-corrected chi connectivity index (χ2v) is 7.33. The number of rotatable bonds is 4. The minimum atomic E-state index is -3.49. The molecule has 19 heavy (non-hydrogen) atoms. The molecule has 0 radical (unpaired) electrons. The first-order valence-electron chi connectivity index (χ1n) is 6.43. The Kier molecular flexibility index (Phi) is 5.06. The average Bonchev–Trinajstić information content (AvgIpc) is 2.69. The predicted molar refractivity (Wildman–Crippen MR) is 79.1 cm³/mol. The zero-order valence-electron chi connectivity index (χ0n) is 11.0. The summed E-state index contributed by atoms with van der Waals surface area (Å²) in [5, 5.41) is 3.21. The Morgan fingerprint density at radius 1 is 1.42 bits per heavy atom. The molecule has 1 fully saturated rings. The number of sulfonamides is 1. The van der Waals surface area contributed by atoms with Crippen LogP contribution in [0.25, 0.3) is 0 Å². The van der Waals surface area contributed by atoms with Gasteiger partial charge in [-0.2, -0.15) is 16.1 Å². The molecule has 0 unspecified atom stereocenters. The maximum absolute atomic E-state index is 12.6. The highest BCUT2D eigenvalue weighted by molar-refractivity contribution is 7.99. The van der Waals surface area contributed by atoms with Crippen molar-refractivity contribution in [1.29, 1.82) is 0 Å². The lowest BCUT2D eigenvalue weighted by atomic mass is 10.4. The molecule has 1 saturated heterocycles. The van der Waals surface area contributed by atoms with E-state index < -0.39 is 10.0 Å². The van der Waals surface area contributed by atoms with Gasteiger partial charge in [0.15, 0.2) is 5.03 Å². The number of pyridine rings is 1. The molecule has 1 aliphatic rings. The van der Waals surface area contributed by atoms with E-state index in [9.17, 15) is 8.42 Å². The van der Waals surface area contributed by atoms with Gasteiger partial charge in [-0.3, -0.25) is 0 Å². The number of thioether (sulfide) groups is 1. The molecule has 0 spiro atoms. The molecule has 1 N–H and O–H groups in total. The molecule has 0 amide bonds. The third-order valence-electron chi connectivity index (χ3n) is 2.90. The van der Waals surface area contributed by atoms with Gasteiger partial charge in [-0.25, -0.2) is 13.4 Å². The lowest BCUT2D eigenvalue weighted by Crippen LogP contribution is -2.34. The van der Waals surface area contributed by atoms with Gasteiger partial charge in [-0.05, 0) is 31.2 Å². The van der Waals surface area contributed by atoms with Crippen molar-refractivity contribution >= 4 is 27.5 Å². The molecular weight excluding hydrogens is 282 g/mol. The molecule has 1 aromatic heterocycles. The quantitative estimate of drug-likeness (QED) is 0.916. The van der Waals surface area contributed by atoms with Crippen LogP contribution in [0.15, 0.2) is 23.4 Å². The van der Waals surface area contributed by atoms with Crippen LogP contribution in [-0.4, -0.2) is 48.8 Å². The van der Waals surface area contributed by atoms with Gasteiger partial charge in [-0.1, -0.05) is 0 Å². The molecule has 0 bridgehead atoms. The molecule has 0 aliphatic carbocycles. The van der Waals surface area contributed by atoms with Gasteiger partial charge in [0.2, 0.25) is 0 Å². The predicted octanol–water partition coefficient (Wildman–Crippen LogP) is 1.64. The van der Waals surface area contributed by atoms with Crippen LogP contribution < -0.4 is 5.32 Å². The summed E-state index contributed by atoms with van der Waals surface area (Å²) >= 11 is 1.80. The molecule has 0 saturated carbocycles. The Balaban J connectivity index is 2.32. The van der Waals surface area contributed by atoms with E-state index in [-0.39, 0.29) is 5.03 Å². The highest BCUT2D eigenvalue weighted by Crippen LogP contribution is 2.24. The van der Waals surface area contributed by atoms with E-state index in [1.807, 2.05) is 6.92 Å². The van der Waals surface area contributed by atoms with Crippen molar-refractivity contribution in [2.75, 3.05) is 36.5 Å². The van der Waals surface area contributed by atoms with Crippen LogP contribution in [0, 0.1) is 0 Å². The Labute approximate surface area is 118 Å². The molecule has 0 atom stereocenters. The van der Waals surface area contributed by atoms with Crippen molar-refractivity contribution in [3.8, 4) is 0 Å². The van der Waals surface area contributed by atoms with Crippen LogP contribution in [-0.2, 0) is 10.0 Å². The standard InChI is InChI=1S/C12H19N3O2S2/c1-2-13-11-5-3-6-14-12(11)19(16,17)15-7-4-9-18-10-8-15/h3,5-6,13H,2,4,7-10H2,1H3. The summed E-state index contributed by atoms with van der Waals surface area (Å²) in [6.07, 6.45) is 2.42. The maximum atomic E-state index is 12.6. The Hall–Kier alpha value is -0.790. The van der Waals surface area contributed by atoms with Crippen molar-refractivity contribution in [1.82, 2.24) is 9.29 Å². The van der Waals surface area contributed by atoms with Crippen LogP contribution in [0.4, 0.5) is 5.69 Å². The zero-order chi connectivity index (χ0) is 13.7. The van der Waals surface area contributed by atoms with Gasteiger partial charge in [0, 0.05) is 31.6 Å². The third-order valence-corrected chi connectivity index (χ3v) is 5.81. The summed E-state index contributed by atoms with van der Waals surface area (Å²) in [4.78, 5) is 4.08.